The molecular formula is C24H47N3O4S2V. The van der Waals surface area contributed by atoms with Crippen molar-refractivity contribution in [3.63, 3.8) is 0 Å². The third-order valence-corrected chi connectivity index (χ3v) is 8.18. The molecule has 0 saturated heterocycles. The van der Waals surface area contributed by atoms with Gasteiger partial charge in [-0.3, -0.25) is 15.9 Å². The summed E-state index contributed by atoms with van der Waals surface area (Å²) in [6.07, 6.45) is 4.97. The van der Waals surface area contributed by atoms with E-state index >= 15 is 0 Å². The predicted molar refractivity (Wildman–Crippen MR) is 143 cm³/mol. The number of rotatable bonds is 17. The van der Waals surface area contributed by atoms with Crippen LogP contribution in [0.4, 0.5) is 0 Å². The third-order valence-electron chi connectivity index (χ3n) is 4.83. The Morgan fingerprint density at radius 3 is 2.15 bits per heavy atom. The molecular weight excluding hydrogens is 509 g/mol. The molecule has 0 aliphatic rings. The Bertz CT molecular complexity index is 574. The Kier molecular flexibility index (Phi) is 22.5. The molecule has 0 rings (SSSR count). The van der Waals surface area contributed by atoms with E-state index < -0.39 is 5.41 Å². The van der Waals surface area contributed by atoms with Crippen LogP contribution in [0.15, 0.2) is 0 Å². The largest absolute Gasteiger partial charge is 2.00 e. The van der Waals surface area contributed by atoms with Gasteiger partial charge >= 0.3 is 18.6 Å². The van der Waals surface area contributed by atoms with Crippen molar-refractivity contribution in [1.29, 1.82) is 0 Å². The molecule has 0 aliphatic carbocycles. The van der Waals surface area contributed by atoms with E-state index in [1.165, 1.54) is 7.05 Å². The molecule has 0 bridgehead atoms. The van der Waals surface area contributed by atoms with Crippen molar-refractivity contribution < 1.29 is 37.7 Å². The quantitative estimate of drug-likeness (QED) is 0.142. The van der Waals surface area contributed by atoms with Crippen molar-refractivity contribution >= 4 is 39.7 Å². The number of carbonyl (C=O) groups excluding carboxylic acids is 3. The van der Waals surface area contributed by atoms with Crippen molar-refractivity contribution in [1.82, 2.24) is 10.6 Å². The van der Waals surface area contributed by atoms with E-state index in [2.05, 4.69) is 24.5 Å². The van der Waals surface area contributed by atoms with Crippen molar-refractivity contribution in [2.75, 3.05) is 26.0 Å². The van der Waals surface area contributed by atoms with Gasteiger partial charge in [0.25, 0.3) is 0 Å². The van der Waals surface area contributed by atoms with Gasteiger partial charge in [0.2, 0.25) is 11.8 Å². The summed E-state index contributed by atoms with van der Waals surface area (Å²) in [5.41, 5.74) is 4.90. The van der Waals surface area contributed by atoms with Gasteiger partial charge in [-0.25, -0.2) is 0 Å². The molecule has 2 amide bonds. The van der Waals surface area contributed by atoms with Gasteiger partial charge in [-0.2, -0.15) is 13.5 Å². The van der Waals surface area contributed by atoms with E-state index in [0.29, 0.717) is 38.8 Å². The van der Waals surface area contributed by atoms with Crippen LogP contribution in [0.3, 0.4) is 0 Å². The van der Waals surface area contributed by atoms with Crippen LogP contribution in [0.2, 0.25) is 0 Å². The fourth-order valence-electron chi connectivity index (χ4n) is 2.55. The van der Waals surface area contributed by atoms with Crippen molar-refractivity contribution in [2.24, 2.45) is 5.41 Å². The van der Waals surface area contributed by atoms with Gasteiger partial charge in [0.1, 0.15) is 0 Å². The Hall–Kier alpha value is -0.186. The Morgan fingerprint density at radius 2 is 1.62 bits per heavy atom. The molecule has 10 heteroatoms. The van der Waals surface area contributed by atoms with Crippen LogP contribution in [0.5, 0.6) is 0 Å². The Balaban J connectivity index is -0.00000311. The Morgan fingerprint density at radius 1 is 1.03 bits per heavy atom. The number of hydrogen-bond donors (Lipinski definition) is 2. The average Bonchev–Trinajstić information content (AvgIpc) is 2.70. The molecule has 0 heterocycles. The summed E-state index contributed by atoms with van der Waals surface area (Å²) in [6, 6.07) is 0.123. The molecule has 34 heavy (non-hydrogen) atoms. The number of carbonyl (C=O) groups is 2. The molecule has 0 aliphatic heterocycles. The maximum absolute atomic E-state index is 12.3. The van der Waals surface area contributed by atoms with Gasteiger partial charge < -0.3 is 25.9 Å². The van der Waals surface area contributed by atoms with Crippen LogP contribution in [-0.2, 0) is 37.7 Å². The molecule has 0 spiro atoms. The van der Waals surface area contributed by atoms with Crippen LogP contribution in [0.1, 0.15) is 87.5 Å². The first-order valence-corrected chi connectivity index (χ1v) is 13.9. The number of hydrogen-bond acceptors (Lipinski definition) is 6. The summed E-state index contributed by atoms with van der Waals surface area (Å²) in [5.74, 6) is 0.810. The minimum atomic E-state index is -0.482. The first-order chi connectivity index (χ1) is 15.2. The SMILES string of the molecule is CC(C)NC(=O)C(C)(C)CCOC(C)(C)CCNC(=O)CCSSC(C)(C)CC[C-]=O.C[NH-].[V+2]. The molecule has 1 radical (unpaired) electrons. The zero-order chi connectivity index (χ0) is 26.1. The molecule has 199 valence electrons. The zero-order valence-electron chi connectivity index (χ0n) is 22.6. The van der Waals surface area contributed by atoms with Gasteiger partial charge in [-0.1, -0.05) is 41.9 Å². The second kappa shape index (κ2) is 19.9. The number of ether oxygens (including phenoxy) is 1. The molecule has 0 aromatic rings. The molecule has 0 saturated carbocycles. The average molecular weight is 557 g/mol. The van der Waals surface area contributed by atoms with Crippen LogP contribution >= 0.6 is 21.6 Å². The molecule has 0 unspecified atom stereocenters. The smallest absolute Gasteiger partial charge is 0.680 e. The van der Waals surface area contributed by atoms with E-state index in [4.69, 9.17) is 10.5 Å². The van der Waals surface area contributed by atoms with Gasteiger partial charge in [-0.15, -0.1) is 0 Å². The minimum Gasteiger partial charge on any atom is -0.680 e. The summed E-state index contributed by atoms with van der Waals surface area (Å²) in [5, 5.41) is 5.92. The van der Waals surface area contributed by atoms with Crippen molar-refractivity contribution in [3.05, 3.63) is 5.73 Å². The molecule has 3 N–H and O–H groups in total. The van der Waals surface area contributed by atoms with E-state index in [9.17, 15) is 14.4 Å². The maximum atomic E-state index is 12.3. The van der Waals surface area contributed by atoms with Crippen LogP contribution in [-0.4, -0.2) is 60.4 Å². The first-order valence-electron chi connectivity index (χ1n) is 11.6. The van der Waals surface area contributed by atoms with E-state index in [1.807, 2.05) is 47.8 Å². The predicted octanol–water partition coefficient (Wildman–Crippen LogP) is 5.33. The van der Waals surface area contributed by atoms with Crippen LogP contribution in [0, 0.1) is 5.41 Å². The minimum absolute atomic E-state index is 0. The second-order valence-corrected chi connectivity index (χ2v) is 13.2. The first kappa shape index (κ1) is 38.3. The molecule has 7 nitrogen and oxygen atoms in total. The standard InChI is InChI=1S/C23H43N2O4S2.CH4N.V/c1-18(2)25-20(28)21(3,4)13-16-29-22(5,6)12-14-24-19(27)10-17-30-31-23(7,8)11-9-15-26;1-2;/h18H,9-14,16-17H2,1-8H3,(H,24,27)(H,25,28);2H,1H3;/q2*-1;+2. The summed E-state index contributed by atoms with van der Waals surface area (Å²) < 4.78 is 6.01. The molecule has 0 fully saturated rings. The van der Waals surface area contributed by atoms with Crippen LogP contribution in [0.25, 0.3) is 5.73 Å². The molecule has 0 aromatic heterocycles. The van der Waals surface area contributed by atoms with E-state index in [1.54, 1.807) is 21.6 Å². The third kappa shape index (κ3) is 21.1. The Labute approximate surface area is 228 Å². The fourth-order valence-corrected chi connectivity index (χ4v) is 5.11. The van der Waals surface area contributed by atoms with Crippen molar-refractivity contribution in [3.8, 4) is 0 Å². The topological polar surface area (TPSA) is 108 Å². The van der Waals surface area contributed by atoms with Gasteiger partial charge in [-0.05, 0) is 54.4 Å². The number of nitrogens with one attached hydrogen (secondary N) is 3. The summed E-state index contributed by atoms with van der Waals surface area (Å²) in [6.45, 7) is 17.0. The monoisotopic (exact) mass is 556 g/mol. The van der Waals surface area contributed by atoms with Gasteiger partial charge in [0, 0.05) is 41.5 Å². The molecule has 0 atom stereocenters. The second-order valence-electron chi connectivity index (χ2n) is 10.0. The van der Waals surface area contributed by atoms with Crippen LogP contribution < -0.4 is 10.6 Å². The summed E-state index contributed by atoms with van der Waals surface area (Å²) in [7, 11) is 4.63. The fraction of sp³-hybridized carbons (Fsp3) is 0.875. The van der Waals surface area contributed by atoms with E-state index in [0.717, 1.165) is 12.2 Å². The molecule has 0 aromatic carbocycles. The summed E-state index contributed by atoms with van der Waals surface area (Å²) >= 11 is 0. The maximum Gasteiger partial charge on any atom is 2.00 e. The van der Waals surface area contributed by atoms with E-state index in [-0.39, 0.29) is 46.8 Å². The van der Waals surface area contributed by atoms with Gasteiger partial charge in [0.15, 0.2) is 0 Å². The zero-order valence-corrected chi connectivity index (χ0v) is 25.7. The van der Waals surface area contributed by atoms with Gasteiger partial charge in [0.05, 0.1) is 5.60 Å². The van der Waals surface area contributed by atoms with Crippen molar-refractivity contribution in [2.45, 2.75) is 104 Å². The normalized spacial score (nSPS) is 11.7. The number of amides is 2. The summed E-state index contributed by atoms with van der Waals surface area (Å²) in [4.78, 5) is 34.7.